The summed E-state index contributed by atoms with van der Waals surface area (Å²) in [6, 6.07) is 17.7. The van der Waals surface area contributed by atoms with E-state index in [-0.39, 0.29) is 38.5 Å². The second-order valence-electron chi connectivity index (χ2n) is 11.5. The summed E-state index contributed by atoms with van der Waals surface area (Å²) in [5.41, 5.74) is 0.283. The zero-order valence-corrected chi connectivity index (χ0v) is 23.5. The number of hydrogen-bond donors (Lipinski definition) is 0. The van der Waals surface area contributed by atoms with Crippen molar-refractivity contribution in [1.82, 2.24) is 9.80 Å². The minimum atomic E-state index is -0.928. The highest BCUT2D eigenvalue weighted by atomic mass is 16.6. The normalized spacial score (nSPS) is 19.5. The number of nitrogens with zero attached hydrogens (tertiary/aromatic N) is 2. The predicted octanol–water partition coefficient (Wildman–Crippen LogP) is 4.48. The van der Waals surface area contributed by atoms with Crippen LogP contribution in [-0.2, 0) is 41.8 Å². The van der Waals surface area contributed by atoms with Crippen LogP contribution in [0.5, 0.6) is 0 Å². The van der Waals surface area contributed by atoms with Gasteiger partial charge >= 0.3 is 18.0 Å². The van der Waals surface area contributed by atoms with Crippen LogP contribution in [0.25, 0.3) is 0 Å². The van der Waals surface area contributed by atoms with E-state index in [0.717, 1.165) is 11.1 Å². The van der Waals surface area contributed by atoms with Crippen LogP contribution in [0.3, 0.4) is 0 Å². The summed E-state index contributed by atoms with van der Waals surface area (Å²) in [6.45, 7) is 6.66. The molecule has 2 aromatic carbocycles. The summed E-state index contributed by atoms with van der Waals surface area (Å²) in [5, 5.41) is 0. The van der Waals surface area contributed by atoms with Gasteiger partial charge in [0.1, 0.15) is 24.9 Å². The van der Waals surface area contributed by atoms with E-state index in [9.17, 15) is 19.2 Å². The van der Waals surface area contributed by atoms with Gasteiger partial charge in [-0.2, -0.15) is 0 Å². The average molecular weight is 551 g/mol. The lowest BCUT2D eigenvalue weighted by Gasteiger charge is -2.54. The SMILES string of the molecule is CC(C)(C)OC(=O)N1CCCC2(C1)CN([C@@H](CCC(=O)OCc1ccccc1)C(=O)OCc1ccccc1)C2=O. The topological polar surface area (TPSA) is 102 Å². The second kappa shape index (κ2) is 12.5. The van der Waals surface area contributed by atoms with Crippen molar-refractivity contribution in [2.75, 3.05) is 19.6 Å². The Kier molecular flexibility index (Phi) is 9.12. The highest BCUT2D eigenvalue weighted by Crippen LogP contribution is 2.42. The summed E-state index contributed by atoms with van der Waals surface area (Å²) in [4.78, 5) is 55.1. The van der Waals surface area contributed by atoms with Gasteiger partial charge in [-0.1, -0.05) is 60.7 Å². The Hall–Kier alpha value is -3.88. The van der Waals surface area contributed by atoms with Crippen LogP contribution >= 0.6 is 0 Å². The second-order valence-corrected chi connectivity index (χ2v) is 11.5. The third kappa shape index (κ3) is 7.40. The number of amides is 2. The molecule has 2 saturated heterocycles. The van der Waals surface area contributed by atoms with Gasteiger partial charge in [-0.3, -0.25) is 9.59 Å². The fourth-order valence-corrected chi connectivity index (χ4v) is 5.14. The molecule has 0 aromatic heterocycles. The molecule has 40 heavy (non-hydrogen) atoms. The quantitative estimate of drug-likeness (QED) is 0.258. The highest BCUT2D eigenvalue weighted by molar-refractivity contribution is 5.94. The van der Waals surface area contributed by atoms with E-state index >= 15 is 0 Å². The standard InChI is InChI=1S/C31H38N2O7/c1-30(2,3)40-29(37)32-18-10-17-31(21-32)22-33(28(31)36)25(27(35)39-20-24-13-8-5-9-14-24)15-16-26(34)38-19-23-11-6-4-7-12-23/h4-9,11-14,25H,10,15-22H2,1-3H3/t25-,31?/m0/s1. The van der Waals surface area contributed by atoms with E-state index in [1.807, 2.05) is 60.7 Å². The smallest absolute Gasteiger partial charge is 0.410 e. The molecule has 0 saturated carbocycles. The predicted molar refractivity (Wildman–Crippen MR) is 147 cm³/mol. The molecule has 214 valence electrons. The lowest BCUT2D eigenvalue weighted by molar-refractivity contribution is -0.179. The molecule has 0 bridgehead atoms. The van der Waals surface area contributed by atoms with Crippen LogP contribution in [0.15, 0.2) is 60.7 Å². The molecular weight excluding hydrogens is 512 g/mol. The molecule has 0 N–H and O–H groups in total. The van der Waals surface area contributed by atoms with Crippen molar-refractivity contribution in [3.8, 4) is 0 Å². The van der Waals surface area contributed by atoms with E-state index in [4.69, 9.17) is 14.2 Å². The van der Waals surface area contributed by atoms with Gasteiger partial charge in [0.05, 0.1) is 5.41 Å². The largest absolute Gasteiger partial charge is 0.461 e. The van der Waals surface area contributed by atoms with Gasteiger partial charge < -0.3 is 24.0 Å². The number of carbonyl (C=O) groups excluding carboxylic acids is 4. The maximum Gasteiger partial charge on any atom is 0.410 e. The van der Waals surface area contributed by atoms with E-state index in [1.54, 1.807) is 25.7 Å². The summed E-state index contributed by atoms with van der Waals surface area (Å²) < 4.78 is 16.5. The van der Waals surface area contributed by atoms with Crippen LogP contribution in [0.1, 0.15) is 57.6 Å². The molecule has 2 amide bonds. The average Bonchev–Trinajstić information content (AvgIpc) is 2.94. The number of hydrogen-bond acceptors (Lipinski definition) is 7. The lowest BCUT2D eigenvalue weighted by atomic mass is 9.71. The molecule has 2 aliphatic heterocycles. The molecule has 2 atom stereocenters. The molecule has 0 radical (unpaired) electrons. The van der Waals surface area contributed by atoms with Crippen molar-refractivity contribution in [1.29, 1.82) is 0 Å². The molecule has 2 heterocycles. The molecule has 0 aliphatic carbocycles. The number of benzene rings is 2. The molecule has 4 rings (SSSR count). The molecular formula is C31H38N2O7. The third-order valence-electron chi connectivity index (χ3n) is 7.15. The fourth-order valence-electron chi connectivity index (χ4n) is 5.14. The van der Waals surface area contributed by atoms with E-state index < -0.39 is 35.1 Å². The van der Waals surface area contributed by atoms with Crippen LogP contribution in [0.2, 0.25) is 0 Å². The minimum absolute atomic E-state index is 0.0429. The summed E-state index contributed by atoms with van der Waals surface area (Å²) in [6.07, 6.45) is 0.871. The van der Waals surface area contributed by atoms with Crippen molar-refractivity contribution in [3.63, 3.8) is 0 Å². The highest BCUT2D eigenvalue weighted by Gasteiger charge is 2.57. The van der Waals surface area contributed by atoms with Crippen LogP contribution < -0.4 is 0 Å². The Morgan fingerprint density at radius 1 is 0.900 bits per heavy atom. The minimum Gasteiger partial charge on any atom is -0.461 e. The zero-order valence-electron chi connectivity index (χ0n) is 23.5. The van der Waals surface area contributed by atoms with E-state index in [0.29, 0.717) is 25.9 Å². The maximum atomic E-state index is 13.6. The van der Waals surface area contributed by atoms with Crippen molar-refractivity contribution < 1.29 is 33.4 Å². The summed E-state index contributed by atoms with van der Waals surface area (Å²) in [7, 11) is 0. The molecule has 2 aromatic rings. The van der Waals surface area contributed by atoms with Gasteiger partial charge in [0.2, 0.25) is 5.91 Å². The first kappa shape index (κ1) is 29.1. The van der Waals surface area contributed by atoms with Gasteiger partial charge in [0.25, 0.3) is 0 Å². The Labute approximate surface area is 235 Å². The molecule has 9 nitrogen and oxygen atoms in total. The first-order chi connectivity index (χ1) is 19.1. The number of likely N-dealkylation sites (tertiary alicyclic amines) is 2. The zero-order chi connectivity index (χ0) is 28.8. The first-order valence-corrected chi connectivity index (χ1v) is 13.8. The molecule has 2 fully saturated rings. The monoisotopic (exact) mass is 550 g/mol. The van der Waals surface area contributed by atoms with Crippen molar-refractivity contribution >= 4 is 23.9 Å². The number of rotatable bonds is 9. The number of ether oxygens (including phenoxy) is 3. The van der Waals surface area contributed by atoms with Gasteiger partial charge in [-0.25, -0.2) is 9.59 Å². The van der Waals surface area contributed by atoms with Crippen LogP contribution in [0, 0.1) is 5.41 Å². The van der Waals surface area contributed by atoms with Crippen LogP contribution in [-0.4, -0.2) is 65.0 Å². The van der Waals surface area contributed by atoms with Crippen molar-refractivity contribution in [3.05, 3.63) is 71.8 Å². The fraction of sp³-hybridized carbons (Fsp3) is 0.484. The van der Waals surface area contributed by atoms with Gasteiger partial charge in [0, 0.05) is 26.1 Å². The summed E-state index contributed by atoms with van der Waals surface area (Å²) in [5.74, 6) is -1.23. The molecule has 2 aliphatic rings. The van der Waals surface area contributed by atoms with Gasteiger partial charge in [-0.05, 0) is 51.2 Å². The molecule has 9 heteroatoms. The Morgan fingerprint density at radius 2 is 1.50 bits per heavy atom. The van der Waals surface area contributed by atoms with E-state index in [2.05, 4.69) is 0 Å². The maximum absolute atomic E-state index is 13.6. The van der Waals surface area contributed by atoms with Gasteiger partial charge in [-0.15, -0.1) is 0 Å². The Morgan fingerprint density at radius 3 is 2.08 bits per heavy atom. The Bertz CT molecular complexity index is 1200. The Balaban J connectivity index is 1.40. The third-order valence-corrected chi connectivity index (χ3v) is 7.15. The first-order valence-electron chi connectivity index (χ1n) is 13.8. The number of esters is 2. The van der Waals surface area contributed by atoms with E-state index in [1.165, 1.54) is 4.90 Å². The van der Waals surface area contributed by atoms with Crippen molar-refractivity contribution in [2.45, 2.75) is 71.3 Å². The number of piperidine rings is 1. The molecule has 1 unspecified atom stereocenters. The summed E-state index contributed by atoms with van der Waals surface area (Å²) >= 11 is 0. The van der Waals surface area contributed by atoms with Gasteiger partial charge in [0.15, 0.2) is 0 Å². The van der Waals surface area contributed by atoms with Crippen LogP contribution in [0.4, 0.5) is 4.79 Å². The van der Waals surface area contributed by atoms with Crippen molar-refractivity contribution in [2.24, 2.45) is 5.41 Å². The molecule has 1 spiro atoms. The number of carbonyl (C=O) groups is 4. The lowest BCUT2D eigenvalue weighted by Crippen LogP contribution is -2.70. The number of β-lactam (4-membered cyclic amide) rings is 1.